The molecule has 1 fully saturated rings. The molecule has 0 saturated carbocycles. The predicted molar refractivity (Wildman–Crippen MR) is 40.6 cm³/mol. The van der Waals surface area contributed by atoms with Gasteiger partial charge in [0.2, 0.25) is 0 Å². The molecule has 2 heteroatoms. The van der Waals surface area contributed by atoms with Crippen LogP contribution in [0.25, 0.3) is 0 Å². The van der Waals surface area contributed by atoms with E-state index in [0.717, 1.165) is 13.2 Å². The molecule has 1 atom stereocenters. The van der Waals surface area contributed by atoms with Crippen molar-refractivity contribution in [2.24, 2.45) is 0 Å². The van der Waals surface area contributed by atoms with Gasteiger partial charge in [0, 0.05) is 6.54 Å². The van der Waals surface area contributed by atoms with Crippen LogP contribution in [0.3, 0.4) is 0 Å². The molecule has 10 heavy (non-hydrogen) atoms. The molecule has 1 aliphatic heterocycles. The normalized spacial score (nSPS) is 32.7. The molecule has 0 amide bonds. The van der Waals surface area contributed by atoms with Crippen LogP contribution in [0, 0.1) is 12.3 Å². The van der Waals surface area contributed by atoms with Gasteiger partial charge in [0.05, 0.1) is 13.2 Å². The van der Waals surface area contributed by atoms with E-state index in [2.05, 4.69) is 17.8 Å². The maximum atomic E-state index is 5.28. The lowest BCUT2D eigenvalue weighted by molar-refractivity contribution is 0.0692. The summed E-state index contributed by atoms with van der Waals surface area (Å²) in [6.45, 7) is 5.71. The van der Waals surface area contributed by atoms with Crippen molar-refractivity contribution in [3.8, 4) is 12.3 Å². The van der Waals surface area contributed by atoms with Crippen LogP contribution < -0.4 is 5.32 Å². The molecule has 0 bridgehead atoms. The third-order valence-electron chi connectivity index (χ3n) is 1.62. The van der Waals surface area contributed by atoms with Gasteiger partial charge in [-0.15, -0.1) is 13.0 Å². The first-order valence-electron chi connectivity index (χ1n) is 3.27. The van der Waals surface area contributed by atoms with Crippen molar-refractivity contribution in [3.63, 3.8) is 0 Å². The lowest BCUT2D eigenvalue weighted by Gasteiger charge is -2.30. The summed E-state index contributed by atoms with van der Waals surface area (Å²) in [4.78, 5) is 0. The number of morpholine rings is 1. The average Bonchev–Trinajstić information content (AvgIpc) is 2.06. The highest BCUT2D eigenvalue weighted by Gasteiger charge is 2.25. The molecule has 1 rings (SSSR count). The Labute approximate surface area is 61.3 Å². The molecule has 1 heterocycles. The first-order valence-corrected chi connectivity index (χ1v) is 3.27. The van der Waals surface area contributed by atoms with E-state index in [-0.39, 0.29) is 0 Å². The molecule has 0 radical (unpaired) electrons. The van der Waals surface area contributed by atoms with E-state index in [0.29, 0.717) is 6.61 Å². The second-order valence-electron chi connectivity index (χ2n) is 2.30. The van der Waals surface area contributed by atoms with Gasteiger partial charge in [0.15, 0.2) is 0 Å². The Morgan fingerprint density at radius 2 is 2.60 bits per heavy atom. The minimum absolute atomic E-state index is 0.418. The predicted octanol–water partition coefficient (Wildman–Crippen LogP) is 0.164. The van der Waals surface area contributed by atoms with Crippen LogP contribution in [0.15, 0.2) is 12.7 Å². The highest BCUT2D eigenvalue weighted by Crippen LogP contribution is 2.08. The molecule has 1 aliphatic rings. The Morgan fingerprint density at radius 1 is 1.80 bits per heavy atom. The zero-order valence-corrected chi connectivity index (χ0v) is 5.89. The van der Waals surface area contributed by atoms with Gasteiger partial charge in [-0.2, -0.15) is 0 Å². The van der Waals surface area contributed by atoms with Crippen LogP contribution in [-0.2, 0) is 4.74 Å². The van der Waals surface area contributed by atoms with Crippen molar-refractivity contribution in [2.45, 2.75) is 5.54 Å². The summed E-state index contributed by atoms with van der Waals surface area (Å²) in [6.07, 6.45) is 7.00. The molecule has 0 aromatic heterocycles. The molecule has 1 saturated heterocycles. The van der Waals surface area contributed by atoms with Crippen LogP contribution >= 0.6 is 0 Å². The summed E-state index contributed by atoms with van der Waals surface area (Å²) in [5.74, 6) is 2.61. The van der Waals surface area contributed by atoms with Crippen molar-refractivity contribution < 1.29 is 4.74 Å². The third-order valence-corrected chi connectivity index (χ3v) is 1.62. The van der Waals surface area contributed by atoms with Gasteiger partial charge in [-0.3, -0.25) is 5.32 Å². The van der Waals surface area contributed by atoms with E-state index in [1.165, 1.54) is 0 Å². The molecule has 0 aliphatic carbocycles. The van der Waals surface area contributed by atoms with Crippen molar-refractivity contribution in [1.29, 1.82) is 0 Å². The topological polar surface area (TPSA) is 21.3 Å². The minimum Gasteiger partial charge on any atom is -0.377 e. The summed E-state index contributed by atoms with van der Waals surface area (Å²) < 4.78 is 5.19. The van der Waals surface area contributed by atoms with E-state index in [1.807, 2.05) is 0 Å². The Hall–Kier alpha value is -0.780. The average molecular weight is 137 g/mol. The lowest BCUT2D eigenvalue weighted by Crippen LogP contribution is -2.51. The number of rotatable bonds is 1. The summed E-state index contributed by atoms with van der Waals surface area (Å²) in [6, 6.07) is 0. The SMILES string of the molecule is C#CC1(C=C)COCCN1. The summed E-state index contributed by atoms with van der Waals surface area (Å²) in [5, 5.41) is 3.15. The maximum Gasteiger partial charge on any atom is 0.122 e. The first-order chi connectivity index (χ1) is 4.83. The molecule has 1 unspecified atom stereocenters. The quantitative estimate of drug-likeness (QED) is 0.411. The fraction of sp³-hybridized carbons (Fsp3) is 0.500. The molecule has 0 spiro atoms. The standard InChI is InChI=1S/C8H11NO/c1-3-8(4-2)7-10-6-5-9-8/h1,4,9H,2,5-7H2. The molecular formula is C8H11NO. The van der Waals surface area contributed by atoms with Gasteiger partial charge < -0.3 is 4.74 Å². The van der Waals surface area contributed by atoms with Crippen LogP contribution in [0.2, 0.25) is 0 Å². The molecular weight excluding hydrogens is 126 g/mol. The second-order valence-corrected chi connectivity index (χ2v) is 2.30. The highest BCUT2D eigenvalue weighted by atomic mass is 16.5. The van der Waals surface area contributed by atoms with Gasteiger partial charge in [-0.05, 0) is 0 Å². The summed E-state index contributed by atoms with van der Waals surface area (Å²) >= 11 is 0. The summed E-state index contributed by atoms with van der Waals surface area (Å²) in [7, 11) is 0. The smallest absolute Gasteiger partial charge is 0.122 e. The van der Waals surface area contributed by atoms with Gasteiger partial charge >= 0.3 is 0 Å². The second kappa shape index (κ2) is 2.87. The van der Waals surface area contributed by atoms with E-state index in [4.69, 9.17) is 11.2 Å². The van der Waals surface area contributed by atoms with Crippen molar-refractivity contribution >= 4 is 0 Å². The number of nitrogens with one attached hydrogen (secondary N) is 1. The highest BCUT2D eigenvalue weighted by molar-refractivity contribution is 5.23. The summed E-state index contributed by atoms with van der Waals surface area (Å²) in [5.41, 5.74) is -0.418. The number of hydrogen-bond donors (Lipinski definition) is 1. The third kappa shape index (κ3) is 1.21. The van der Waals surface area contributed by atoms with Crippen molar-refractivity contribution in [2.75, 3.05) is 19.8 Å². The fourth-order valence-corrected chi connectivity index (χ4v) is 0.913. The largest absolute Gasteiger partial charge is 0.377 e. The maximum absolute atomic E-state index is 5.28. The zero-order chi connectivity index (χ0) is 7.45. The van der Waals surface area contributed by atoms with E-state index in [9.17, 15) is 0 Å². The molecule has 2 nitrogen and oxygen atoms in total. The number of ether oxygens (including phenoxy) is 1. The molecule has 0 aromatic carbocycles. The minimum atomic E-state index is -0.418. The van der Waals surface area contributed by atoms with E-state index >= 15 is 0 Å². The monoisotopic (exact) mass is 137 g/mol. The van der Waals surface area contributed by atoms with Gasteiger partial charge in [-0.1, -0.05) is 12.0 Å². The van der Waals surface area contributed by atoms with E-state index < -0.39 is 5.54 Å². The van der Waals surface area contributed by atoms with Crippen LogP contribution in [0.1, 0.15) is 0 Å². The van der Waals surface area contributed by atoms with Gasteiger partial charge in [-0.25, -0.2) is 0 Å². The van der Waals surface area contributed by atoms with Crippen LogP contribution in [-0.4, -0.2) is 25.3 Å². The number of terminal acetylenes is 1. The van der Waals surface area contributed by atoms with Crippen LogP contribution in [0.5, 0.6) is 0 Å². The van der Waals surface area contributed by atoms with Crippen LogP contribution in [0.4, 0.5) is 0 Å². The molecule has 54 valence electrons. The van der Waals surface area contributed by atoms with Gasteiger partial charge in [0.25, 0.3) is 0 Å². The molecule has 0 aromatic rings. The van der Waals surface area contributed by atoms with Gasteiger partial charge in [0.1, 0.15) is 5.54 Å². The van der Waals surface area contributed by atoms with Crippen molar-refractivity contribution in [3.05, 3.63) is 12.7 Å². The Balaban J connectivity index is 2.63. The number of hydrogen-bond acceptors (Lipinski definition) is 2. The first kappa shape index (κ1) is 7.33. The Morgan fingerprint density at radius 3 is 2.90 bits per heavy atom. The Bertz CT molecular complexity index is 163. The molecule has 1 N–H and O–H groups in total. The van der Waals surface area contributed by atoms with E-state index in [1.54, 1.807) is 6.08 Å². The fourth-order valence-electron chi connectivity index (χ4n) is 0.913. The zero-order valence-electron chi connectivity index (χ0n) is 5.89. The lowest BCUT2D eigenvalue weighted by atomic mass is 10.0. The Kier molecular flexibility index (Phi) is 2.10. The van der Waals surface area contributed by atoms with Crippen molar-refractivity contribution in [1.82, 2.24) is 5.32 Å².